The van der Waals surface area contributed by atoms with Gasteiger partial charge in [0.15, 0.2) is 0 Å². The number of carbonyl (C=O) groups is 3. The first-order valence-corrected chi connectivity index (χ1v) is 14.1. The molecule has 1 heterocycles. The molecule has 1 aliphatic rings. The normalized spacial score (nSPS) is 12.7. The smallest absolute Gasteiger partial charge is 0.423 e. The molecule has 0 fully saturated rings. The number of benzene rings is 2. The summed E-state index contributed by atoms with van der Waals surface area (Å²) in [6.45, 7) is 6.33. The molecule has 1 unspecified atom stereocenters. The molecule has 0 bridgehead atoms. The lowest BCUT2D eigenvalue weighted by molar-refractivity contribution is -0.125. The number of aryl methyl sites for hydroxylation is 1. The van der Waals surface area contributed by atoms with Gasteiger partial charge < -0.3 is 47.2 Å². The van der Waals surface area contributed by atoms with Gasteiger partial charge in [0, 0.05) is 50.8 Å². The van der Waals surface area contributed by atoms with E-state index in [1.165, 1.54) is 12.1 Å². The number of nitrogens with two attached hydrogens (primary N) is 3. The third-order valence-electron chi connectivity index (χ3n) is 6.34. The molecule has 3 rings (SSSR count). The van der Waals surface area contributed by atoms with Crippen LogP contribution in [0.1, 0.15) is 43.4 Å². The van der Waals surface area contributed by atoms with Crippen LogP contribution in [0, 0.1) is 0 Å². The zero-order valence-corrected chi connectivity index (χ0v) is 25.2. The van der Waals surface area contributed by atoms with E-state index in [9.17, 15) is 28.2 Å². The highest BCUT2D eigenvalue weighted by molar-refractivity contribution is 6.61. The second kappa shape index (κ2) is 19.8. The predicted molar refractivity (Wildman–Crippen MR) is 165 cm³/mol. The molecule has 43 heavy (non-hydrogen) atoms. The van der Waals surface area contributed by atoms with Crippen LogP contribution >= 0.6 is 0 Å². The van der Waals surface area contributed by atoms with Crippen LogP contribution in [0.2, 0.25) is 0 Å². The summed E-state index contributed by atoms with van der Waals surface area (Å²) in [5.41, 5.74) is 19.3. The topological polar surface area (TPSA) is 186 Å². The van der Waals surface area contributed by atoms with Crippen LogP contribution in [-0.2, 0) is 38.0 Å². The summed E-state index contributed by atoms with van der Waals surface area (Å²) >= 11 is 0. The fourth-order valence-corrected chi connectivity index (χ4v) is 3.76. The van der Waals surface area contributed by atoms with E-state index in [-0.39, 0.29) is 24.9 Å². The number of aldehydes is 1. The molecule has 2 aromatic carbocycles. The minimum atomic E-state index is -2.72. The average Bonchev–Trinajstić information content (AvgIpc) is 3.34. The molecule has 0 aromatic heterocycles. The summed E-state index contributed by atoms with van der Waals surface area (Å²) < 4.78 is 30.4. The van der Waals surface area contributed by atoms with Gasteiger partial charge in [0.25, 0.3) is 5.92 Å². The van der Waals surface area contributed by atoms with Crippen LogP contribution < -0.4 is 33.3 Å². The van der Waals surface area contributed by atoms with Gasteiger partial charge in [-0.1, -0.05) is 37.3 Å². The van der Waals surface area contributed by atoms with Crippen molar-refractivity contribution < 1.29 is 32.8 Å². The van der Waals surface area contributed by atoms with Crippen molar-refractivity contribution in [2.75, 3.05) is 45.1 Å². The van der Waals surface area contributed by atoms with Crippen molar-refractivity contribution >= 4 is 36.4 Å². The molecule has 11 nitrogen and oxygen atoms in total. The third kappa shape index (κ3) is 14.6. The molecule has 0 radical (unpaired) electrons. The summed E-state index contributed by atoms with van der Waals surface area (Å²) in [5, 5.41) is 14.6. The lowest BCUT2D eigenvalue weighted by Crippen LogP contribution is -2.43. The van der Waals surface area contributed by atoms with E-state index in [1.807, 2.05) is 14.0 Å². The Morgan fingerprint density at radius 3 is 2.33 bits per heavy atom. The Labute approximate surface area is 252 Å². The van der Waals surface area contributed by atoms with Crippen LogP contribution in [0.5, 0.6) is 0 Å². The van der Waals surface area contributed by atoms with E-state index >= 15 is 0 Å². The summed E-state index contributed by atoms with van der Waals surface area (Å²) in [6.07, 6.45) is 2.00. The maximum Gasteiger partial charge on any atom is 0.491 e. The van der Waals surface area contributed by atoms with Crippen LogP contribution in [-0.4, -0.2) is 81.0 Å². The van der Waals surface area contributed by atoms with E-state index in [0.717, 1.165) is 50.7 Å². The lowest BCUT2D eigenvalue weighted by Gasteiger charge is -2.12. The Hall–Kier alpha value is -3.27. The number of hydrogen-bond donors (Lipinski definition) is 6. The summed E-state index contributed by atoms with van der Waals surface area (Å²) in [5.74, 6) is -3.62. The number of nitrogens with zero attached hydrogens (tertiary/aromatic N) is 1. The number of anilines is 1. The standard InChI is InChI=1S/C14H18BN3O5.C10H12F2.C5H15N3/c16-12(2-1-5-19)14(21)17-7-13(20)18-10-4-3-9-8-23-15(22)11(9)6-10;1-3-8-4-6-9(7-5-8)10(2,11)12;1-8(4-2-6)5-3-7/h3-6,12,22H,1-2,7-8,16H2,(H,17,21)(H,18,20);4-7H,3H2,1-2H3;2-7H2,1H3. The highest BCUT2D eigenvalue weighted by Gasteiger charge is 2.27. The molecule has 14 heteroatoms. The first-order chi connectivity index (χ1) is 20.4. The average molecular weight is 607 g/mol. The molecule has 1 aliphatic heterocycles. The number of hydrogen-bond acceptors (Lipinski definition) is 9. The molecule has 0 saturated carbocycles. The molecule has 1 atom stereocenters. The fourth-order valence-electron chi connectivity index (χ4n) is 3.76. The van der Waals surface area contributed by atoms with Gasteiger partial charge in [-0.2, -0.15) is 0 Å². The van der Waals surface area contributed by atoms with Crippen LogP contribution in [0.4, 0.5) is 14.5 Å². The van der Waals surface area contributed by atoms with E-state index in [0.29, 0.717) is 24.0 Å². The number of halogens is 2. The van der Waals surface area contributed by atoms with Gasteiger partial charge in [0.2, 0.25) is 11.8 Å². The molecule has 0 aliphatic carbocycles. The number of alkyl halides is 2. The van der Waals surface area contributed by atoms with Gasteiger partial charge >= 0.3 is 7.12 Å². The molecule has 0 spiro atoms. The fraction of sp³-hybridized carbons (Fsp3) is 0.483. The zero-order valence-electron chi connectivity index (χ0n) is 25.2. The van der Waals surface area contributed by atoms with Crippen molar-refractivity contribution in [1.82, 2.24) is 10.2 Å². The number of likely N-dealkylation sites (N-methyl/N-ethyl adjacent to an activating group) is 1. The first-order valence-electron chi connectivity index (χ1n) is 14.1. The van der Waals surface area contributed by atoms with E-state index in [4.69, 9.17) is 21.9 Å². The number of carbonyl (C=O) groups excluding carboxylic acids is 3. The third-order valence-corrected chi connectivity index (χ3v) is 6.34. The molecular weight excluding hydrogens is 561 g/mol. The quantitative estimate of drug-likeness (QED) is 0.139. The van der Waals surface area contributed by atoms with E-state index in [2.05, 4.69) is 15.5 Å². The van der Waals surface area contributed by atoms with Crippen molar-refractivity contribution in [1.29, 1.82) is 0 Å². The monoisotopic (exact) mass is 606 g/mol. The summed E-state index contributed by atoms with van der Waals surface area (Å²) in [6, 6.07) is 10.7. The second-order valence-corrected chi connectivity index (χ2v) is 10.0. The maximum absolute atomic E-state index is 12.7. The van der Waals surface area contributed by atoms with Gasteiger partial charge in [-0.25, -0.2) is 8.78 Å². The molecule has 2 aromatic rings. The summed E-state index contributed by atoms with van der Waals surface area (Å²) in [4.78, 5) is 35.8. The number of amides is 2. The van der Waals surface area contributed by atoms with Crippen molar-refractivity contribution in [3.63, 3.8) is 0 Å². The van der Waals surface area contributed by atoms with Gasteiger partial charge in [-0.15, -0.1) is 0 Å². The Morgan fingerprint density at radius 1 is 1.16 bits per heavy atom. The molecule has 9 N–H and O–H groups in total. The second-order valence-electron chi connectivity index (χ2n) is 10.0. The van der Waals surface area contributed by atoms with Crippen molar-refractivity contribution in [3.8, 4) is 0 Å². The Morgan fingerprint density at radius 2 is 1.79 bits per heavy atom. The van der Waals surface area contributed by atoms with E-state index in [1.54, 1.807) is 30.3 Å². The van der Waals surface area contributed by atoms with Gasteiger partial charge in [0.05, 0.1) is 19.2 Å². The van der Waals surface area contributed by atoms with Crippen molar-refractivity contribution in [3.05, 3.63) is 59.2 Å². The zero-order chi connectivity index (χ0) is 32.4. The Kier molecular flexibility index (Phi) is 17.4. The molecule has 2 amide bonds. The van der Waals surface area contributed by atoms with Crippen molar-refractivity contribution in [2.45, 2.75) is 51.7 Å². The van der Waals surface area contributed by atoms with Crippen LogP contribution in [0.15, 0.2) is 42.5 Å². The minimum Gasteiger partial charge on any atom is -0.423 e. The van der Waals surface area contributed by atoms with E-state index < -0.39 is 30.9 Å². The van der Waals surface area contributed by atoms with Crippen LogP contribution in [0.3, 0.4) is 0 Å². The van der Waals surface area contributed by atoms with Gasteiger partial charge in [-0.05, 0) is 48.6 Å². The number of rotatable bonds is 13. The SMILES string of the molecule is CCc1ccc(C(C)(F)F)cc1.CN(CCN)CCN.NC(CCC=O)C(=O)NCC(=O)Nc1ccc2c(c1)B(O)OC2. The Bertz CT molecular complexity index is 1130. The molecular formula is C29H45BF2N6O5. The van der Waals surface area contributed by atoms with Crippen LogP contribution in [0.25, 0.3) is 0 Å². The Balaban J connectivity index is 0.000000384. The molecule has 238 valence electrons. The minimum absolute atomic E-state index is 0.0831. The predicted octanol–water partition coefficient (Wildman–Crippen LogP) is 0.462. The largest absolute Gasteiger partial charge is 0.491 e. The first kappa shape index (κ1) is 37.8. The number of nitrogens with one attached hydrogen (secondary N) is 2. The highest BCUT2D eigenvalue weighted by atomic mass is 19.3. The van der Waals surface area contributed by atoms with Gasteiger partial charge in [0.1, 0.15) is 6.29 Å². The summed E-state index contributed by atoms with van der Waals surface area (Å²) in [7, 11) is 1.03. The number of fused-ring (bicyclic) bond motifs is 1. The maximum atomic E-state index is 12.7. The van der Waals surface area contributed by atoms with Crippen molar-refractivity contribution in [2.24, 2.45) is 17.2 Å². The lowest BCUT2D eigenvalue weighted by atomic mass is 9.79. The highest BCUT2D eigenvalue weighted by Crippen LogP contribution is 2.26. The molecule has 0 saturated heterocycles. The van der Waals surface area contributed by atoms with Gasteiger partial charge in [-0.3, -0.25) is 9.59 Å².